The monoisotopic (exact) mass is 292 g/mol. The zero-order valence-corrected chi connectivity index (χ0v) is 12.2. The molecule has 4 heteroatoms. The molecular weight excluding hydrogens is 280 g/mol. The number of methoxy groups -OCH3 is 1. The number of ketones is 1. The number of thioether (sulfide) groups is 1. The van der Waals surface area contributed by atoms with Crippen LogP contribution in [-0.2, 0) is 0 Å². The molecule has 0 spiro atoms. The number of carbonyl (C=O) groups is 1. The van der Waals surface area contributed by atoms with Crippen molar-refractivity contribution < 1.29 is 9.53 Å². The van der Waals surface area contributed by atoms with Crippen LogP contribution in [0.15, 0.2) is 47.4 Å². The Hall–Kier alpha value is -1.45. The van der Waals surface area contributed by atoms with Gasteiger partial charge in [-0.3, -0.25) is 4.79 Å². The molecule has 0 heterocycles. The van der Waals surface area contributed by atoms with Crippen molar-refractivity contribution in [3.63, 3.8) is 0 Å². The first-order chi connectivity index (χ1) is 9.19. The van der Waals surface area contributed by atoms with Crippen LogP contribution in [0.5, 0.6) is 5.75 Å². The summed E-state index contributed by atoms with van der Waals surface area (Å²) in [5.41, 5.74) is 1.15. The number of para-hydroxylation sites is 1. The molecule has 0 fully saturated rings. The predicted molar refractivity (Wildman–Crippen MR) is 79.7 cm³/mol. The first-order valence-electron chi connectivity index (χ1n) is 5.69. The molecule has 19 heavy (non-hydrogen) atoms. The van der Waals surface area contributed by atoms with Gasteiger partial charge in [0.05, 0.1) is 17.7 Å². The molecule has 0 atom stereocenters. The van der Waals surface area contributed by atoms with Crippen molar-refractivity contribution in [2.75, 3.05) is 13.4 Å². The fraction of sp³-hybridized carbons (Fsp3) is 0.133. The van der Waals surface area contributed by atoms with E-state index in [0.29, 0.717) is 21.9 Å². The van der Waals surface area contributed by atoms with Gasteiger partial charge in [0.25, 0.3) is 0 Å². The summed E-state index contributed by atoms with van der Waals surface area (Å²) >= 11 is 7.59. The fourth-order valence-electron chi connectivity index (χ4n) is 1.87. The van der Waals surface area contributed by atoms with Crippen molar-refractivity contribution in [3.8, 4) is 5.75 Å². The van der Waals surface area contributed by atoms with Crippen molar-refractivity contribution in [2.45, 2.75) is 4.90 Å². The lowest BCUT2D eigenvalue weighted by molar-refractivity contribution is 0.103. The van der Waals surface area contributed by atoms with Crippen molar-refractivity contribution in [1.29, 1.82) is 0 Å². The highest BCUT2D eigenvalue weighted by Crippen LogP contribution is 2.31. The summed E-state index contributed by atoms with van der Waals surface area (Å²) in [4.78, 5) is 13.5. The van der Waals surface area contributed by atoms with Gasteiger partial charge in [-0.25, -0.2) is 0 Å². The molecule has 0 saturated carbocycles. The Morgan fingerprint density at radius 1 is 1.11 bits per heavy atom. The van der Waals surface area contributed by atoms with Gasteiger partial charge in [0.1, 0.15) is 5.75 Å². The standard InChI is InChI=1S/C15H13ClO2S/c1-18-15-11(7-5-8-12(15)16)14(17)10-6-3-4-9-13(10)19-2/h3-9H,1-2H3. The van der Waals surface area contributed by atoms with Gasteiger partial charge in [-0.1, -0.05) is 29.8 Å². The van der Waals surface area contributed by atoms with Crippen LogP contribution in [0, 0.1) is 0 Å². The van der Waals surface area contributed by atoms with E-state index in [1.807, 2.05) is 30.5 Å². The normalized spacial score (nSPS) is 10.3. The number of carbonyl (C=O) groups excluding carboxylic acids is 1. The number of ether oxygens (including phenoxy) is 1. The Bertz CT molecular complexity index is 611. The number of hydrogen-bond acceptors (Lipinski definition) is 3. The molecule has 2 nitrogen and oxygen atoms in total. The second-order valence-corrected chi connectivity index (χ2v) is 5.11. The maximum absolute atomic E-state index is 12.6. The van der Waals surface area contributed by atoms with Crippen LogP contribution in [0.1, 0.15) is 15.9 Å². The summed E-state index contributed by atoms with van der Waals surface area (Å²) in [7, 11) is 1.51. The van der Waals surface area contributed by atoms with Gasteiger partial charge in [-0.05, 0) is 30.5 Å². The van der Waals surface area contributed by atoms with Crippen LogP contribution in [0.4, 0.5) is 0 Å². The third-order valence-electron chi connectivity index (χ3n) is 2.77. The smallest absolute Gasteiger partial charge is 0.197 e. The Labute approximate surface area is 121 Å². The number of rotatable bonds is 4. The van der Waals surface area contributed by atoms with E-state index < -0.39 is 0 Å². The lowest BCUT2D eigenvalue weighted by Crippen LogP contribution is -2.05. The van der Waals surface area contributed by atoms with Crippen LogP contribution in [0.25, 0.3) is 0 Å². The Morgan fingerprint density at radius 3 is 2.47 bits per heavy atom. The second-order valence-electron chi connectivity index (χ2n) is 3.85. The van der Waals surface area contributed by atoms with E-state index in [2.05, 4.69) is 0 Å². The predicted octanol–water partition coefficient (Wildman–Crippen LogP) is 4.30. The molecule has 0 aromatic heterocycles. The number of hydrogen-bond donors (Lipinski definition) is 0. The molecular formula is C15H13ClO2S. The quantitative estimate of drug-likeness (QED) is 0.621. The topological polar surface area (TPSA) is 26.3 Å². The van der Waals surface area contributed by atoms with Gasteiger partial charge in [0.2, 0.25) is 0 Å². The molecule has 0 amide bonds. The zero-order chi connectivity index (χ0) is 13.8. The highest BCUT2D eigenvalue weighted by Gasteiger charge is 2.18. The van der Waals surface area contributed by atoms with E-state index in [9.17, 15) is 4.79 Å². The Balaban J connectivity index is 2.53. The summed E-state index contributed by atoms with van der Waals surface area (Å²) < 4.78 is 5.23. The van der Waals surface area contributed by atoms with Gasteiger partial charge < -0.3 is 4.74 Å². The van der Waals surface area contributed by atoms with E-state index in [1.54, 1.807) is 30.0 Å². The third kappa shape index (κ3) is 2.77. The molecule has 0 N–H and O–H groups in total. The molecule has 0 unspecified atom stereocenters. The second kappa shape index (κ2) is 6.13. The largest absolute Gasteiger partial charge is 0.494 e. The van der Waals surface area contributed by atoms with Crippen LogP contribution in [0.2, 0.25) is 5.02 Å². The lowest BCUT2D eigenvalue weighted by atomic mass is 10.0. The highest BCUT2D eigenvalue weighted by atomic mass is 35.5. The summed E-state index contributed by atoms with van der Waals surface area (Å²) in [6.07, 6.45) is 1.95. The van der Waals surface area contributed by atoms with Crippen LogP contribution >= 0.6 is 23.4 Å². The minimum atomic E-state index is -0.0794. The molecule has 2 aromatic rings. The molecule has 0 aliphatic heterocycles. The van der Waals surface area contributed by atoms with Crippen molar-refractivity contribution in [2.24, 2.45) is 0 Å². The first-order valence-corrected chi connectivity index (χ1v) is 7.29. The summed E-state index contributed by atoms with van der Waals surface area (Å²) in [6.45, 7) is 0. The lowest BCUT2D eigenvalue weighted by Gasteiger charge is -2.11. The van der Waals surface area contributed by atoms with E-state index in [4.69, 9.17) is 16.3 Å². The van der Waals surface area contributed by atoms with Crippen molar-refractivity contribution in [1.82, 2.24) is 0 Å². The maximum atomic E-state index is 12.6. The summed E-state index contributed by atoms with van der Waals surface area (Å²) in [6, 6.07) is 12.7. The van der Waals surface area contributed by atoms with E-state index in [-0.39, 0.29) is 5.78 Å². The van der Waals surface area contributed by atoms with Crippen molar-refractivity contribution >= 4 is 29.1 Å². The molecule has 98 valence electrons. The minimum Gasteiger partial charge on any atom is -0.494 e. The van der Waals surface area contributed by atoms with Gasteiger partial charge in [-0.15, -0.1) is 11.8 Å². The number of halogens is 1. The van der Waals surface area contributed by atoms with E-state index in [1.165, 1.54) is 7.11 Å². The average molecular weight is 293 g/mol. The first kappa shape index (κ1) is 14.0. The molecule has 2 aromatic carbocycles. The number of benzene rings is 2. The summed E-state index contributed by atoms with van der Waals surface area (Å²) in [5.74, 6) is 0.342. The molecule has 0 aliphatic carbocycles. The van der Waals surface area contributed by atoms with E-state index in [0.717, 1.165) is 4.90 Å². The SMILES string of the molecule is COc1c(Cl)cccc1C(=O)c1ccccc1SC. The van der Waals surface area contributed by atoms with Crippen LogP contribution < -0.4 is 4.74 Å². The van der Waals surface area contributed by atoms with Gasteiger partial charge in [0.15, 0.2) is 5.78 Å². The third-order valence-corrected chi connectivity index (χ3v) is 3.86. The molecule has 0 aliphatic rings. The highest BCUT2D eigenvalue weighted by molar-refractivity contribution is 7.98. The summed E-state index contributed by atoms with van der Waals surface area (Å²) in [5, 5.41) is 0.440. The van der Waals surface area contributed by atoms with Crippen molar-refractivity contribution in [3.05, 3.63) is 58.6 Å². The van der Waals surface area contributed by atoms with Gasteiger partial charge >= 0.3 is 0 Å². The van der Waals surface area contributed by atoms with E-state index >= 15 is 0 Å². The van der Waals surface area contributed by atoms with Crippen LogP contribution in [-0.4, -0.2) is 19.1 Å². The van der Waals surface area contributed by atoms with Gasteiger partial charge in [0, 0.05) is 10.5 Å². The van der Waals surface area contributed by atoms with Crippen LogP contribution in [0.3, 0.4) is 0 Å². The fourth-order valence-corrected chi connectivity index (χ4v) is 2.72. The Morgan fingerprint density at radius 2 is 1.79 bits per heavy atom. The maximum Gasteiger partial charge on any atom is 0.197 e. The molecule has 0 saturated heterocycles. The molecule has 0 bridgehead atoms. The zero-order valence-electron chi connectivity index (χ0n) is 10.6. The minimum absolute atomic E-state index is 0.0794. The van der Waals surface area contributed by atoms with Gasteiger partial charge in [-0.2, -0.15) is 0 Å². The average Bonchev–Trinajstić information content (AvgIpc) is 2.46. The molecule has 2 rings (SSSR count). The Kier molecular flexibility index (Phi) is 4.51. The molecule has 0 radical (unpaired) electrons.